The summed E-state index contributed by atoms with van der Waals surface area (Å²) in [5.74, 6) is 1.10. The second kappa shape index (κ2) is 7.21. The molecule has 5 nitrogen and oxygen atoms in total. The molecule has 0 radical (unpaired) electrons. The van der Waals surface area contributed by atoms with Crippen molar-refractivity contribution in [1.82, 2.24) is 10.2 Å². The van der Waals surface area contributed by atoms with Crippen molar-refractivity contribution < 1.29 is 18.7 Å². The predicted molar refractivity (Wildman–Crippen MR) is 87.3 cm³/mol. The average Bonchev–Trinajstić information content (AvgIpc) is 3.04. The number of rotatable bonds is 5. The van der Waals surface area contributed by atoms with Crippen LogP contribution in [0.4, 0.5) is 9.18 Å². The molecule has 0 spiro atoms. The van der Waals surface area contributed by atoms with Crippen molar-refractivity contribution in [2.75, 3.05) is 13.3 Å². The molecule has 2 aromatic carbocycles. The van der Waals surface area contributed by atoms with Crippen molar-refractivity contribution in [3.8, 4) is 11.5 Å². The molecule has 0 aromatic heterocycles. The highest BCUT2D eigenvalue weighted by Crippen LogP contribution is 2.32. The van der Waals surface area contributed by atoms with Crippen molar-refractivity contribution in [2.45, 2.75) is 20.0 Å². The highest BCUT2D eigenvalue weighted by molar-refractivity contribution is 5.74. The summed E-state index contributed by atoms with van der Waals surface area (Å²) in [5.41, 5.74) is 1.80. The van der Waals surface area contributed by atoms with E-state index in [4.69, 9.17) is 9.47 Å². The lowest BCUT2D eigenvalue weighted by Gasteiger charge is -2.23. The highest BCUT2D eigenvalue weighted by Gasteiger charge is 2.17. The van der Waals surface area contributed by atoms with Crippen molar-refractivity contribution in [2.24, 2.45) is 0 Å². The summed E-state index contributed by atoms with van der Waals surface area (Å²) < 4.78 is 23.7. The number of carbonyl (C=O) groups excluding carboxylic acids is 1. The average molecular weight is 330 g/mol. The fourth-order valence-electron chi connectivity index (χ4n) is 2.53. The molecule has 0 fully saturated rings. The van der Waals surface area contributed by atoms with Crippen LogP contribution in [0.2, 0.25) is 0 Å². The second-order valence-electron chi connectivity index (χ2n) is 5.51. The lowest BCUT2D eigenvalue weighted by Crippen LogP contribution is -2.38. The Kier molecular flexibility index (Phi) is 4.84. The van der Waals surface area contributed by atoms with Gasteiger partial charge in [-0.3, -0.25) is 0 Å². The molecule has 24 heavy (non-hydrogen) atoms. The van der Waals surface area contributed by atoms with E-state index < -0.39 is 0 Å². The number of hydrogen-bond acceptors (Lipinski definition) is 3. The molecule has 0 aliphatic carbocycles. The van der Waals surface area contributed by atoms with E-state index in [1.54, 1.807) is 17.0 Å². The van der Waals surface area contributed by atoms with Gasteiger partial charge in [0, 0.05) is 19.6 Å². The lowest BCUT2D eigenvalue weighted by molar-refractivity contribution is 0.173. The molecule has 2 aromatic rings. The Bertz CT molecular complexity index is 719. The number of carbonyl (C=O) groups is 1. The van der Waals surface area contributed by atoms with Crippen LogP contribution in [-0.2, 0) is 13.1 Å². The van der Waals surface area contributed by atoms with Crippen molar-refractivity contribution in [3.63, 3.8) is 0 Å². The first-order valence-electron chi connectivity index (χ1n) is 7.81. The van der Waals surface area contributed by atoms with Crippen molar-refractivity contribution in [1.29, 1.82) is 0 Å². The van der Waals surface area contributed by atoms with Crippen LogP contribution >= 0.6 is 0 Å². The Balaban J connectivity index is 1.76. The van der Waals surface area contributed by atoms with Crippen molar-refractivity contribution in [3.05, 3.63) is 59.4 Å². The van der Waals surface area contributed by atoms with Crippen LogP contribution in [0.15, 0.2) is 42.5 Å². The van der Waals surface area contributed by atoms with Gasteiger partial charge in [0.1, 0.15) is 5.82 Å². The van der Waals surface area contributed by atoms with Crippen LogP contribution in [0.1, 0.15) is 18.1 Å². The third kappa shape index (κ3) is 3.76. The molecule has 2 amide bonds. The van der Waals surface area contributed by atoms with Gasteiger partial charge in [-0.2, -0.15) is 0 Å². The maximum absolute atomic E-state index is 13.1. The molecule has 0 unspecified atom stereocenters. The Morgan fingerprint density at radius 2 is 1.75 bits per heavy atom. The van der Waals surface area contributed by atoms with E-state index in [1.165, 1.54) is 12.1 Å². The second-order valence-corrected chi connectivity index (χ2v) is 5.51. The third-order valence-corrected chi connectivity index (χ3v) is 3.71. The first-order chi connectivity index (χ1) is 11.7. The summed E-state index contributed by atoms with van der Waals surface area (Å²) in [6, 6.07) is 11.6. The zero-order chi connectivity index (χ0) is 16.9. The standard InChI is InChI=1S/C18H19FN2O3/c1-2-20-18(22)21(10-13-3-6-15(19)7-4-13)11-14-5-8-16-17(9-14)24-12-23-16/h3-9H,2,10-12H2,1H3,(H,20,22). The van der Waals surface area contributed by atoms with E-state index in [1.807, 2.05) is 25.1 Å². The van der Waals surface area contributed by atoms with E-state index in [0.717, 1.165) is 11.1 Å². The topological polar surface area (TPSA) is 50.8 Å². The van der Waals surface area contributed by atoms with Crippen LogP contribution in [0, 0.1) is 5.82 Å². The molecule has 0 atom stereocenters. The van der Waals surface area contributed by atoms with Gasteiger partial charge in [-0.1, -0.05) is 18.2 Å². The van der Waals surface area contributed by atoms with E-state index in [0.29, 0.717) is 31.1 Å². The minimum absolute atomic E-state index is 0.167. The molecular weight excluding hydrogens is 311 g/mol. The fourth-order valence-corrected chi connectivity index (χ4v) is 2.53. The number of nitrogens with zero attached hydrogens (tertiary/aromatic N) is 1. The lowest BCUT2D eigenvalue weighted by atomic mass is 10.1. The zero-order valence-electron chi connectivity index (χ0n) is 13.4. The van der Waals surface area contributed by atoms with Gasteiger partial charge < -0.3 is 19.7 Å². The smallest absolute Gasteiger partial charge is 0.317 e. The number of nitrogens with one attached hydrogen (secondary N) is 1. The van der Waals surface area contributed by atoms with Gasteiger partial charge in [0.2, 0.25) is 6.79 Å². The molecule has 126 valence electrons. The maximum Gasteiger partial charge on any atom is 0.317 e. The molecule has 1 heterocycles. The Labute approximate surface area is 140 Å². The summed E-state index contributed by atoms with van der Waals surface area (Å²) in [6.45, 7) is 3.43. The van der Waals surface area contributed by atoms with Crippen LogP contribution < -0.4 is 14.8 Å². The summed E-state index contributed by atoms with van der Waals surface area (Å²) in [5, 5.41) is 2.81. The van der Waals surface area contributed by atoms with Gasteiger partial charge in [-0.05, 0) is 42.3 Å². The number of amides is 2. The SMILES string of the molecule is CCNC(=O)N(Cc1ccc(F)cc1)Cc1ccc2c(c1)OCO2. The molecular formula is C18H19FN2O3. The molecule has 1 aliphatic rings. The minimum atomic E-state index is -0.293. The van der Waals surface area contributed by atoms with Gasteiger partial charge in [0.05, 0.1) is 0 Å². The number of benzene rings is 2. The molecule has 3 rings (SSSR count). The maximum atomic E-state index is 13.1. The number of fused-ring (bicyclic) bond motifs is 1. The van der Waals surface area contributed by atoms with Gasteiger partial charge in [0.25, 0.3) is 0 Å². The van der Waals surface area contributed by atoms with Crippen LogP contribution in [0.25, 0.3) is 0 Å². The summed E-state index contributed by atoms with van der Waals surface area (Å²) in [4.78, 5) is 14.0. The molecule has 6 heteroatoms. The van der Waals surface area contributed by atoms with E-state index in [9.17, 15) is 9.18 Å². The zero-order valence-corrected chi connectivity index (χ0v) is 13.4. The van der Waals surface area contributed by atoms with E-state index in [2.05, 4.69) is 5.32 Å². The van der Waals surface area contributed by atoms with Gasteiger partial charge in [-0.25, -0.2) is 9.18 Å². The number of halogens is 1. The molecule has 1 aliphatic heterocycles. The van der Waals surface area contributed by atoms with Crippen LogP contribution in [0.5, 0.6) is 11.5 Å². The Morgan fingerprint density at radius 1 is 1.08 bits per heavy atom. The van der Waals surface area contributed by atoms with Crippen LogP contribution in [-0.4, -0.2) is 24.3 Å². The quantitative estimate of drug-likeness (QED) is 0.915. The Morgan fingerprint density at radius 3 is 2.50 bits per heavy atom. The first-order valence-corrected chi connectivity index (χ1v) is 7.81. The normalized spacial score (nSPS) is 12.1. The summed E-state index contributed by atoms with van der Waals surface area (Å²) >= 11 is 0. The molecule has 0 bridgehead atoms. The van der Waals surface area contributed by atoms with E-state index in [-0.39, 0.29) is 18.6 Å². The fraction of sp³-hybridized carbons (Fsp3) is 0.278. The summed E-state index contributed by atoms with van der Waals surface area (Å²) in [7, 11) is 0. The van der Waals surface area contributed by atoms with Gasteiger partial charge in [0.15, 0.2) is 11.5 Å². The van der Waals surface area contributed by atoms with Gasteiger partial charge in [-0.15, -0.1) is 0 Å². The first kappa shape index (κ1) is 16.1. The highest BCUT2D eigenvalue weighted by atomic mass is 19.1. The number of urea groups is 1. The third-order valence-electron chi connectivity index (χ3n) is 3.71. The minimum Gasteiger partial charge on any atom is -0.454 e. The van der Waals surface area contributed by atoms with Crippen molar-refractivity contribution >= 4 is 6.03 Å². The molecule has 0 saturated heterocycles. The molecule has 1 N–H and O–H groups in total. The van der Waals surface area contributed by atoms with E-state index >= 15 is 0 Å². The monoisotopic (exact) mass is 330 g/mol. The molecule has 0 saturated carbocycles. The number of ether oxygens (including phenoxy) is 2. The summed E-state index contributed by atoms with van der Waals surface area (Å²) in [6.07, 6.45) is 0. The number of hydrogen-bond donors (Lipinski definition) is 1. The Hall–Kier alpha value is -2.76. The van der Waals surface area contributed by atoms with Gasteiger partial charge >= 0.3 is 6.03 Å². The predicted octanol–water partition coefficient (Wildman–Crippen LogP) is 3.29. The van der Waals surface area contributed by atoms with Crippen LogP contribution in [0.3, 0.4) is 0 Å². The largest absolute Gasteiger partial charge is 0.454 e.